The molecule has 26 heavy (non-hydrogen) atoms. The van der Waals surface area contributed by atoms with E-state index in [1.807, 2.05) is 6.92 Å². The molecular weight excluding hydrogens is 415 g/mol. The Balaban J connectivity index is 1.64. The predicted octanol–water partition coefficient (Wildman–Crippen LogP) is 5.78. The SMILES string of the molecule is Cc1nnc(SCC(=O)Nc2cc(Cl)c(Cl)cc2Cl)n1C1CCCCC1. The zero-order valence-electron chi connectivity index (χ0n) is 14.3. The number of hydrogen-bond acceptors (Lipinski definition) is 4. The van der Waals surface area contributed by atoms with E-state index in [1.165, 1.54) is 37.1 Å². The fraction of sp³-hybridized carbons (Fsp3) is 0.471. The van der Waals surface area contributed by atoms with Crippen molar-refractivity contribution >= 4 is 58.2 Å². The molecule has 1 fully saturated rings. The minimum Gasteiger partial charge on any atom is -0.324 e. The van der Waals surface area contributed by atoms with Crippen LogP contribution in [0.4, 0.5) is 5.69 Å². The Kier molecular flexibility index (Phi) is 6.72. The first-order valence-corrected chi connectivity index (χ1v) is 10.6. The van der Waals surface area contributed by atoms with Gasteiger partial charge < -0.3 is 9.88 Å². The van der Waals surface area contributed by atoms with Gasteiger partial charge in [0.25, 0.3) is 0 Å². The maximum atomic E-state index is 12.3. The van der Waals surface area contributed by atoms with Crippen molar-refractivity contribution in [2.24, 2.45) is 0 Å². The fourth-order valence-corrected chi connectivity index (χ4v) is 4.59. The van der Waals surface area contributed by atoms with Crippen molar-refractivity contribution in [3.63, 3.8) is 0 Å². The number of carbonyl (C=O) groups excluding carboxylic acids is 1. The van der Waals surface area contributed by atoms with Gasteiger partial charge in [-0.25, -0.2) is 0 Å². The quantitative estimate of drug-likeness (QED) is 0.479. The number of carbonyl (C=O) groups is 1. The van der Waals surface area contributed by atoms with Gasteiger partial charge in [0.1, 0.15) is 5.82 Å². The second kappa shape index (κ2) is 8.83. The minimum atomic E-state index is -0.189. The molecular formula is C17H19Cl3N4OS. The number of nitrogens with zero attached hydrogens (tertiary/aromatic N) is 3. The molecule has 1 N–H and O–H groups in total. The first-order chi connectivity index (χ1) is 12.5. The Bertz CT molecular complexity index is 806. The van der Waals surface area contributed by atoms with Gasteiger partial charge in [-0.2, -0.15) is 0 Å². The summed E-state index contributed by atoms with van der Waals surface area (Å²) in [6, 6.07) is 3.48. The summed E-state index contributed by atoms with van der Waals surface area (Å²) in [4.78, 5) is 12.3. The number of benzene rings is 1. The summed E-state index contributed by atoms with van der Waals surface area (Å²) >= 11 is 19.4. The smallest absolute Gasteiger partial charge is 0.234 e. The van der Waals surface area contributed by atoms with Crippen LogP contribution in [0.3, 0.4) is 0 Å². The van der Waals surface area contributed by atoms with Crippen LogP contribution in [0.2, 0.25) is 15.1 Å². The third-order valence-corrected chi connectivity index (χ3v) is 6.37. The molecule has 0 saturated heterocycles. The molecule has 1 saturated carbocycles. The molecule has 1 aliphatic carbocycles. The Morgan fingerprint density at radius 1 is 1.15 bits per heavy atom. The highest BCUT2D eigenvalue weighted by Gasteiger charge is 2.22. The molecule has 0 radical (unpaired) electrons. The van der Waals surface area contributed by atoms with E-state index in [9.17, 15) is 4.79 Å². The molecule has 1 heterocycles. The van der Waals surface area contributed by atoms with Gasteiger partial charge in [0.05, 0.1) is 26.5 Å². The van der Waals surface area contributed by atoms with Crippen LogP contribution in [0.1, 0.15) is 44.0 Å². The van der Waals surface area contributed by atoms with Crippen molar-refractivity contribution in [2.75, 3.05) is 11.1 Å². The summed E-state index contributed by atoms with van der Waals surface area (Å²) < 4.78 is 2.17. The van der Waals surface area contributed by atoms with E-state index in [2.05, 4.69) is 20.1 Å². The zero-order valence-corrected chi connectivity index (χ0v) is 17.4. The standard InChI is InChI=1S/C17H19Cl3N4OS/c1-10-22-23-17(24(10)11-5-3-2-4-6-11)26-9-16(25)21-15-8-13(19)12(18)7-14(15)20/h7-8,11H,2-6,9H2,1H3,(H,21,25). The number of halogens is 3. The summed E-state index contributed by atoms with van der Waals surface area (Å²) in [6.07, 6.45) is 6.01. The van der Waals surface area contributed by atoms with Gasteiger partial charge in [0.15, 0.2) is 5.16 Å². The molecule has 1 aliphatic rings. The topological polar surface area (TPSA) is 59.8 Å². The largest absolute Gasteiger partial charge is 0.324 e. The first-order valence-electron chi connectivity index (χ1n) is 8.44. The Morgan fingerprint density at radius 2 is 1.85 bits per heavy atom. The van der Waals surface area contributed by atoms with Gasteiger partial charge in [0, 0.05) is 6.04 Å². The first kappa shape index (κ1) is 19.8. The van der Waals surface area contributed by atoms with E-state index in [0.717, 1.165) is 23.8 Å². The highest BCUT2D eigenvalue weighted by molar-refractivity contribution is 7.99. The van der Waals surface area contributed by atoms with E-state index >= 15 is 0 Å². The summed E-state index contributed by atoms with van der Waals surface area (Å²) in [7, 11) is 0. The Labute approximate surface area is 171 Å². The minimum absolute atomic E-state index is 0.189. The molecule has 0 bridgehead atoms. The molecule has 140 valence electrons. The average molecular weight is 434 g/mol. The lowest BCUT2D eigenvalue weighted by Crippen LogP contribution is -2.17. The van der Waals surface area contributed by atoms with Crippen molar-refractivity contribution in [1.82, 2.24) is 14.8 Å². The molecule has 0 aliphatic heterocycles. The van der Waals surface area contributed by atoms with Crippen LogP contribution in [0.5, 0.6) is 0 Å². The maximum absolute atomic E-state index is 12.3. The van der Waals surface area contributed by atoms with Gasteiger partial charge in [-0.15, -0.1) is 10.2 Å². The summed E-state index contributed by atoms with van der Waals surface area (Å²) in [5.41, 5.74) is 0.441. The van der Waals surface area contributed by atoms with Gasteiger partial charge >= 0.3 is 0 Å². The lowest BCUT2D eigenvalue weighted by molar-refractivity contribution is -0.113. The fourth-order valence-electron chi connectivity index (χ4n) is 3.14. The highest BCUT2D eigenvalue weighted by atomic mass is 35.5. The number of thioether (sulfide) groups is 1. The number of hydrogen-bond donors (Lipinski definition) is 1. The number of rotatable bonds is 5. The molecule has 1 aromatic carbocycles. The Morgan fingerprint density at radius 3 is 2.58 bits per heavy atom. The van der Waals surface area contributed by atoms with Crippen LogP contribution in [-0.2, 0) is 4.79 Å². The molecule has 9 heteroatoms. The molecule has 0 spiro atoms. The molecule has 2 aromatic rings. The van der Waals surface area contributed by atoms with Crippen LogP contribution < -0.4 is 5.32 Å². The summed E-state index contributed by atoms with van der Waals surface area (Å²) in [5.74, 6) is 0.917. The van der Waals surface area contributed by atoms with Gasteiger partial charge in [-0.05, 0) is 31.9 Å². The highest BCUT2D eigenvalue weighted by Crippen LogP contribution is 2.34. The van der Waals surface area contributed by atoms with Crippen molar-refractivity contribution in [3.8, 4) is 0 Å². The van der Waals surface area contributed by atoms with Gasteiger partial charge in [-0.1, -0.05) is 65.8 Å². The Hall–Kier alpha value is -0.950. The number of amides is 1. The van der Waals surface area contributed by atoms with E-state index in [1.54, 1.807) is 6.07 Å². The lowest BCUT2D eigenvalue weighted by Gasteiger charge is -2.24. The summed E-state index contributed by atoms with van der Waals surface area (Å²) in [5, 5.41) is 13.0. The van der Waals surface area contributed by atoms with Crippen LogP contribution in [-0.4, -0.2) is 26.4 Å². The molecule has 0 atom stereocenters. The second-order valence-electron chi connectivity index (χ2n) is 6.27. The number of nitrogens with one attached hydrogen (secondary N) is 1. The summed E-state index contributed by atoms with van der Waals surface area (Å²) in [6.45, 7) is 1.96. The van der Waals surface area contributed by atoms with Crippen molar-refractivity contribution in [3.05, 3.63) is 33.0 Å². The number of aromatic nitrogens is 3. The van der Waals surface area contributed by atoms with Gasteiger partial charge in [0.2, 0.25) is 5.91 Å². The predicted molar refractivity (Wildman–Crippen MR) is 108 cm³/mol. The van der Waals surface area contributed by atoms with E-state index in [4.69, 9.17) is 34.8 Å². The van der Waals surface area contributed by atoms with Crippen molar-refractivity contribution in [2.45, 2.75) is 50.2 Å². The van der Waals surface area contributed by atoms with Crippen LogP contribution in [0, 0.1) is 6.92 Å². The monoisotopic (exact) mass is 432 g/mol. The third-order valence-electron chi connectivity index (χ3n) is 4.39. The maximum Gasteiger partial charge on any atom is 0.234 e. The normalized spacial score (nSPS) is 15.2. The third kappa shape index (κ3) is 4.66. The lowest BCUT2D eigenvalue weighted by atomic mass is 9.95. The van der Waals surface area contributed by atoms with Crippen molar-refractivity contribution < 1.29 is 4.79 Å². The van der Waals surface area contributed by atoms with Crippen molar-refractivity contribution in [1.29, 1.82) is 0 Å². The number of aryl methyl sites for hydroxylation is 1. The zero-order chi connectivity index (χ0) is 18.7. The van der Waals surface area contributed by atoms with E-state index in [-0.39, 0.29) is 11.7 Å². The molecule has 0 unspecified atom stereocenters. The molecule has 1 amide bonds. The molecule has 3 rings (SSSR count). The second-order valence-corrected chi connectivity index (χ2v) is 8.44. The average Bonchev–Trinajstić information content (AvgIpc) is 2.99. The van der Waals surface area contributed by atoms with Crippen LogP contribution in [0.25, 0.3) is 0 Å². The van der Waals surface area contributed by atoms with E-state index < -0.39 is 0 Å². The molecule has 5 nitrogen and oxygen atoms in total. The molecule has 1 aromatic heterocycles. The van der Waals surface area contributed by atoms with Crippen LogP contribution >= 0.6 is 46.6 Å². The van der Waals surface area contributed by atoms with Gasteiger partial charge in [-0.3, -0.25) is 4.79 Å². The van der Waals surface area contributed by atoms with Crippen LogP contribution in [0.15, 0.2) is 17.3 Å². The number of anilines is 1. The van der Waals surface area contributed by atoms with E-state index in [0.29, 0.717) is 26.8 Å².